The molecule has 0 spiro atoms. The summed E-state index contributed by atoms with van der Waals surface area (Å²) in [6.45, 7) is 4.28. The maximum absolute atomic E-state index is 8.85. The highest BCUT2D eigenvalue weighted by atomic mass is 16.5. The van der Waals surface area contributed by atoms with Gasteiger partial charge >= 0.3 is 0 Å². The Kier molecular flexibility index (Phi) is 6.83. The molecule has 1 N–H and O–H groups in total. The standard InChI is InChI=1S/C23H26N4O/c1-18-9-10-22(28-2)20(15-18)11-13-25-16-21-17-27(14-6-12-24)26-23(21)19-7-4-3-5-8-19/h3-5,7-10,15,17,25H,6,11,13-14,16H2,1-2H3. The Balaban J connectivity index is 1.67. The summed E-state index contributed by atoms with van der Waals surface area (Å²) in [5.41, 5.74) is 5.65. The van der Waals surface area contributed by atoms with Gasteiger partial charge in [0.05, 0.1) is 31.8 Å². The SMILES string of the molecule is COc1ccc(C)cc1CCNCc1cn(CCC#N)nc1-c1ccccc1. The predicted octanol–water partition coefficient (Wildman–Crippen LogP) is 4.11. The van der Waals surface area contributed by atoms with Crippen molar-refractivity contribution in [1.29, 1.82) is 5.26 Å². The van der Waals surface area contributed by atoms with Crippen molar-refractivity contribution in [2.24, 2.45) is 0 Å². The zero-order valence-corrected chi connectivity index (χ0v) is 16.5. The average molecular weight is 374 g/mol. The quantitative estimate of drug-likeness (QED) is 0.573. The molecule has 0 radical (unpaired) electrons. The maximum Gasteiger partial charge on any atom is 0.122 e. The van der Waals surface area contributed by atoms with E-state index in [0.717, 1.165) is 42.1 Å². The zero-order valence-electron chi connectivity index (χ0n) is 16.5. The number of rotatable bonds is 9. The van der Waals surface area contributed by atoms with Gasteiger partial charge in [-0.1, -0.05) is 48.0 Å². The summed E-state index contributed by atoms with van der Waals surface area (Å²) in [7, 11) is 1.71. The van der Waals surface area contributed by atoms with Crippen molar-refractivity contribution in [1.82, 2.24) is 15.1 Å². The maximum atomic E-state index is 8.85. The second-order valence-electron chi connectivity index (χ2n) is 6.78. The predicted molar refractivity (Wildman–Crippen MR) is 111 cm³/mol. The van der Waals surface area contributed by atoms with Crippen LogP contribution in [0.3, 0.4) is 0 Å². The topological polar surface area (TPSA) is 62.9 Å². The van der Waals surface area contributed by atoms with Crippen molar-refractivity contribution >= 4 is 0 Å². The van der Waals surface area contributed by atoms with E-state index in [9.17, 15) is 0 Å². The van der Waals surface area contributed by atoms with E-state index in [1.165, 1.54) is 11.1 Å². The summed E-state index contributed by atoms with van der Waals surface area (Å²) in [6, 6.07) is 18.6. The lowest BCUT2D eigenvalue weighted by Gasteiger charge is -2.10. The second-order valence-corrected chi connectivity index (χ2v) is 6.78. The molecule has 5 nitrogen and oxygen atoms in total. The van der Waals surface area contributed by atoms with Gasteiger partial charge in [-0.05, 0) is 31.5 Å². The van der Waals surface area contributed by atoms with E-state index >= 15 is 0 Å². The van der Waals surface area contributed by atoms with E-state index in [2.05, 4.69) is 42.6 Å². The zero-order chi connectivity index (χ0) is 19.8. The molecule has 0 unspecified atom stereocenters. The minimum absolute atomic E-state index is 0.454. The van der Waals surface area contributed by atoms with Crippen molar-refractivity contribution in [3.05, 3.63) is 71.4 Å². The Labute approximate surface area is 166 Å². The fourth-order valence-corrected chi connectivity index (χ4v) is 3.26. The monoisotopic (exact) mass is 374 g/mol. The normalized spacial score (nSPS) is 10.6. The van der Waals surface area contributed by atoms with E-state index in [-0.39, 0.29) is 0 Å². The molecule has 0 saturated heterocycles. The number of nitrogens with zero attached hydrogens (tertiary/aromatic N) is 3. The van der Waals surface area contributed by atoms with E-state index in [1.807, 2.05) is 35.1 Å². The lowest BCUT2D eigenvalue weighted by atomic mass is 10.1. The van der Waals surface area contributed by atoms with Crippen molar-refractivity contribution in [2.45, 2.75) is 32.9 Å². The molecule has 0 fully saturated rings. The van der Waals surface area contributed by atoms with Crippen molar-refractivity contribution < 1.29 is 4.74 Å². The molecule has 0 saturated carbocycles. The van der Waals surface area contributed by atoms with E-state index < -0.39 is 0 Å². The highest BCUT2D eigenvalue weighted by Gasteiger charge is 2.11. The fourth-order valence-electron chi connectivity index (χ4n) is 3.26. The first kappa shape index (κ1) is 19.7. The van der Waals surface area contributed by atoms with Crippen LogP contribution in [0.1, 0.15) is 23.1 Å². The van der Waals surface area contributed by atoms with Gasteiger partial charge in [-0.15, -0.1) is 0 Å². The van der Waals surface area contributed by atoms with E-state index in [0.29, 0.717) is 13.0 Å². The third kappa shape index (κ3) is 4.99. The molecule has 5 heteroatoms. The van der Waals surface area contributed by atoms with Gasteiger partial charge in [-0.25, -0.2) is 0 Å². The van der Waals surface area contributed by atoms with Crippen LogP contribution in [0.4, 0.5) is 0 Å². The highest BCUT2D eigenvalue weighted by molar-refractivity contribution is 5.62. The molecule has 2 aromatic carbocycles. The molecule has 0 bridgehead atoms. The summed E-state index contributed by atoms with van der Waals surface area (Å²) in [4.78, 5) is 0. The van der Waals surface area contributed by atoms with Gasteiger partial charge in [-0.3, -0.25) is 4.68 Å². The summed E-state index contributed by atoms with van der Waals surface area (Å²) >= 11 is 0. The van der Waals surface area contributed by atoms with Gasteiger partial charge < -0.3 is 10.1 Å². The van der Waals surface area contributed by atoms with E-state index in [4.69, 9.17) is 15.1 Å². The van der Waals surface area contributed by atoms with Gasteiger partial charge in [0.15, 0.2) is 0 Å². The van der Waals surface area contributed by atoms with Gasteiger partial charge in [-0.2, -0.15) is 10.4 Å². The summed E-state index contributed by atoms with van der Waals surface area (Å²) < 4.78 is 7.33. The Hall–Kier alpha value is -3.10. The van der Waals surface area contributed by atoms with Gasteiger partial charge in [0.25, 0.3) is 0 Å². The lowest BCUT2D eigenvalue weighted by molar-refractivity contribution is 0.409. The number of nitriles is 1. The molecular formula is C23H26N4O. The van der Waals surface area contributed by atoms with Crippen molar-refractivity contribution in [3.63, 3.8) is 0 Å². The summed E-state index contributed by atoms with van der Waals surface area (Å²) in [5, 5.41) is 17.1. The Morgan fingerprint density at radius 3 is 2.71 bits per heavy atom. The van der Waals surface area contributed by atoms with Crippen LogP contribution in [0, 0.1) is 18.3 Å². The van der Waals surface area contributed by atoms with Crippen molar-refractivity contribution in [3.8, 4) is 23.1 Å². The first-order valence-electron chi connectivity index (χ1n) is 9.54. The molecule has 144 valence electrons. The molecular weight excluding hydrogens is 348 g/mol. The number of hydrogen-bond donors (Lipinski definition) is 1. The van der Waals surface area contributed by atoms with Crippen molar-refractivity contribution in [2.75, 3.05) is 13.7 Å². The molecule has 0 amide bonds. The average Bonchev–Trinajstić information content (AvgIpc) is 3.13. The first-order valence-corrected chi connectivity index (χ1v) is 9.54. The Morgan fingerprint density at radius 1 is 1.14 bits per heavy atom. The molecule has 0 aliphatic heterocycles. The minimum atomic E-state index is 0.454. The number of aromatic nitrogens is 2. The molecule has 1 aromatic heterocycles. The molecule has 0 aliphatic carbocycles. The number of benzene rings is 2. The number of aryl methyl sites for hydroxylation is 2. The van der Waals surface area contributed by atoms with Crippen LogP contribution in [-0.2, 0) is 19.5 Å². The highest BCUT2D eigenvalue weighted by Crippen LogP contribution is 2.22. The lowest BCUT2D eigenvalue weighted by Crippen LogP contribution is -2.17. The largest absolute Gasteiger partial charge is 0.496 e. The molecule has 3 aromatic rings. The molecule has 3 rings (SSSR count). The molecule has 1 heterocycles. The number of ether oxygens (including phenoxy) is 1. The van der Waals surface area contributed by atoms with Crippen LogP contribution in [0.5, 0.6) is 5.75 Å². The smallest absolute Gasteiger partial charge is 0.122 e. The number of methoxy groups -OCH3 is 1. The fraction of sp³-hybridized carbons (Fsp3) is 0.304. The number of hydrogen-bond acceptors (Lipinski definition) is 4. The summed E-state index contributed by atoms with van der Waals surface area (Å²) in [5.74, 6) is 0.932. The van der Waals surface area contributed by atoms with Crippen LogP contribution < -0.4 is 10.1 Å². The first-order chi connectivity index (χ1) is 13.7. The van der Waals surface area contributed by atoms with Crippen LogP contribution in [0.15, 0.2) is 54.7 Å². The third-order valence-electron chi connectivity index (χ3n) is 4.66. The minimum Gasteiger partial charge on any atom is -0.496 e. The Morgan fingerprint density at radius 2 is 1.96 bits per heavy atom. The van der Waals surface area contributed by atoms with Gasteiger partial charge in [0.1, 0.15) is 5.75 Å². The van der Waals surface area contributed by atoms with Crippen LogP contribution in [-0.4, -0.2) is 23.4 Å². The third-order valence-corrected chi connectivity index (χ3v) is 4.66. The van der Waals surface area contributed by atoms with Crippen LogP contribution in [0.25, 0.3) is 11.3 Å². The van der Waals surface area contributed by atoms with Crippen LogP contribution in [0.2, 0.25) is 0 Å². The second kappa shape index (κ2) is 9.72. The molecule has 0 atom stereocenters. The molecule has 0 aliphatic rings. The molecule has 28 heavy (non-hydrogen) atoms. The van der Waals surface area contributed by atoms with Gasteiger partial charge in [0.2, 0.25) is 0 Å². The van der Waals surface area contributed by atoms with E-state index in [1.54, 1.807) is 7.11 Å². The summed E-state index contributed by atoms with van der Waals surface area (Å²) in [6.07, 6.45) is 3.39. The van der Waals surface area contributed by atoms with Crippen LogP contribution >= 0.6 is 0 Å². The van der Waals surface area contributed by atoms with Gasteiger partial charge in [0, 0.05) is 23.9 Å². The Bertz CT molecular complexity index is 941. The number of nitrogens with one attached hydrogen (secondary N) is 1.